The number of likely N-dealkylation sites (tertiary alicyclic amines) is 1. The predicted octanol–water partition coefficient (Wildman–Crippen LogP) is 4.05. The van der Waals surface area contributed by atoms with E-state index in [1.54, 1.807) is 0 Å². The van der Waals surface area contributed by atoms with Gasteiger partial charge in [0.15, 0.2) is 0 Å². The number of nitrogens with zero attached hydrogens (tertiary/aromatic N) is 2. The van der Waals surface area contributed by atoms with Crippen molar-refractivity contribution in [3.05, 3.63) is 58.6 Å². The lowest BCUT2D eigenvalue weighted by atomic mass is 9.88. The van der Waals surface area contributed by atoms with Crippen LogP contribution in [0.5, 0.6) is 11.5 Å². The third-order valence-corrected chi connectivity index (χ3v) is 6.15. The van der Waals surface area contributed by atoms with Crippen LogP contribution in [-0.2, 0) is 11.3 Å². The Balaban J connectivity index is 1.46. The van der Waals surface area contributed by atoms with Crippen LogP contribution in [0.25, 0.3) is 0 Å². The molecule has 2 aliphatic heterocycles. The van der Waals surface area contributed by atoms with E-state index in [9.17, 15) is 4.79 Å². The van der Waals surface area contributed by atoms with Crippen LogP contribution in [-0.4, -0.2) is 48.5 Å². The summed E-state index contributed by atoms with van der Waals surface area (Å²) in [5.41, 5.74) is 1.37. The number of carbonyl (C=O) groups is 1. The molecule has 31 heavy (non-hydrogen) atoms. The predicted molar refractivity (Wildman–Crippen MR) is 122 cm³/mol. The van der Waals surface area contributed by atoms with Crippen molar-refractivity contribution in [3.63, 3.8) is 0 Å². The van der Waals surface area contributed by atoms with Crippen molar-refractivity contribution < 1.29 is 14.3 Å². The fourth-order valence-electron chi connectivity index (χ4n) is 4.17. The minimum absolute atomic E-state index is 0.00904. The number of carbonyl (C=O) groups excluding carboxylic acids is 1. The number of rotatable bonds is 7. The Hall–Kier alpha value is -2.57. The SMILES string of the molecule is CCOc1cc(CN2CCC3(CC2)N=C(c2ccccc2)NC3=O)cc(OCC)c1Cl. The Morgan fingerprint density at radius 3 is 2.26 bits per heavy atom. The largest absolute Gasteiger partial charge is 0.492 e. The molecule has 0 aromatic heterocycles. The van der Waals surface area contributed by atoms with Gasteiger partial charge in [0.05, 0.1) is 13.2 Å². The zero-order valence-electron chi connectivity index (χ0n) is 18.0. The van der Waals surface area contributed by atoms with E-state index < -0.39 is 5.54 Å². The molecule has 1 saturated heterocycles. The fourth-order valence-corrected chi connectivity index (χ4v) is 4.38. The van der Waals surface area contributed by atoms with Crippen LogP contribution in [0.1, 0.15) is 37.8 Å². The summed E-state index contributed by atoms with van der Waals surface area (Å²) in [6, 6.07) is 13.8. The van der Waals surface area contributed by atoms with Gasteiger partial charge in [-0.25, -0.2) is 0 Å². The van der Waals surface area contributed by atoms with E-state index in [2.05, 4.69) is 10.2 Å². The summed E-state index contributed by atoms with van der Waals surface area (Å²) < 4.78 is 11.4. The van der Waals surface area contributed by atoms with Crippen molar-refractivity contribution in [1.29, 1.82) is 0 Å². The molecule has 6 nitrogen and oxygen atoms in total. The van der Waals surface area contributed by atoms with E-state index in [0.29, 0.717) is 48.4 Å². The molecule has 2 aliphatic rings. The van der Waals surface area contributed by atoms with Crippen molar-refractivity contribution in [2.45, 2.75) is 38.8 Å². The molecule has 0 aliphatic carbocycles. The van der Waals surface area contributed by atoms with Crippen LogP contribution in [0, 0.1) is 0 Å². The maximum Gasteiger partial charge on any atom is 0.253 e. The van der Waals surface area contributed by atoms with E-state index in [1.165, 1.54) is 0 Å². The average Bonchev–Trinajstić information content (AvgIpc) is 3.10. The van der Waals surface area contributed by atoms with Gasteiger partial charge in [0, 0.05) is 25.2 Å². The van der Waals surface area contributed by atoms with Crippen LogP contribution in [0.2, 0.25) is 5.02 Å². The summed E-state index contributed by atoms with van der Waals surface area (Å²) in [5, 5.41) is 3.50. The van der Waals surface area contributed by atoms with Gasteiger partial charge in [-0.1, -0.05) is 41.9 Å². The Morgan fingerprint density at radius 2 is 1.68 bits per heavy atom. The molecule has 2 aromatic carbocycles. The summed E-state index contributed by atoms with van der Waals surface area (Å²) in [4.78, 5) is 19.9. The second-order valence-corrected chi connectivity index (χ2v) is 8.24. The second-order valence-electron chi connectivity index (χ2n) is 7.86. The maximum atomic E-state index is 12.8. The molecule has 0 atom stereocenters. The van der Waals surface area contributed by atoms with Gasteiger partial charge in [-0.2, -0.15) is 0 Å². The lowest BCUT2D eigenvalue weighted by molar-refractivity contribution is -0.125. The summed E-state index contributed by atoms with van der Waals surface area (Å²) >= 11 is 6.42. The topological polar surface area (TPSA) is 63.2 Å². The number of piperidine rings is 1. The first kappa shape index (κ1) is 21.7. The second kappa shape index (κ2) is 9.28. The van der Waals surface area contributed by atoms with Gasteiger partial charge in [-0.05, 0) is 44.4 Å². The Kier molecular flexibility index (Phi) is 6.49. The highest BCUT2D eigenvalue weighted by molar-refractivity contribution is 6.33. The molecule has 0 saturated carbocycles. The molecule has 0 unspecified atom stereocenters. The fraction of sp³-hybridized carbons (Fsp3) is 0.417. The minimum atomic E-state index is -0.658. The molecule has 1 fully saturated rings. The Labute approximate surface area is 188 Å². The zero-order valence-corrected chi connectivity index (χ0v) is 18.7. The molecule has 2 heterocycles. The van der Waals surface area contributed by atoms with Gasteiger partial charge < -0.3 is 14.8 Å². The molecule has 0 bridgehead atoms. The summed E-state index contributed by atoms with van der Waals surface area (Å²) in [7, 11) is 0. The molecule has 7 heteroatoms. The average molecular weight is 442 g/mol. The van der Waals surface area contributed by atoms with E-state index in [0.717, 1.165) is 30.8 Å². The van der Waals surface area contributed by atoms with Crippen molar-refractivity contribution in [2.24, 2.45) is 4.99 Å². The normalized spacial score (nSPS) is 18.0. The standard InChI is InChI=1S/C24H28ClN3O3/c1-3-30-19-14-17(15-20(21(19)25)31-4-2)16-28-12-10-24(11-13-28)23(29)26-22(27-24)18-8-6-5-7-9-18/h5-9,14-15H,3-4,10-13,16H2,1-2H3,(H,26,27,29). The Bertz CT molecular complexity index is 942. The van der Waals surface area contributed by atoms with Crippen molar-refractivity contribution in [1.82, 2.24) is 10.2 Å². The Morgan fingerprint density at radius 1 is 1.06 bits per heavy atom. The smallest absolute Gasteiger partial charge is 0.253 e. The van der Waals surface area contributed by atoms with Crippen molar-refractivity contribution in [3.8, 4) is 11.5 Å². The highest BCUT2D eigenvalue weighted by atomic mass is 35.5. The summed E-state index contributed by atoms with van der Waals surface area (Å²) in [6.45, 7) is 7.26. The molecular formula is C24H28ClN3O3. The van der Waals surface area contributed by atoms with E-state index in [1.807, 2.05) is 56.3 Å². The molecule has 164 valence electrons. The number of halogens is 1. The molecular weight excluding hydrogens is 414 g/mol. The van der Waals surface area contributed by atoms with Crippen LogP contribution in [0.15, 0.2) is 47.5 Å². The van der Waals surface area contributed by atoms with Crippen LogP contribution >= 0.6 is 11.6 Å². The highest BCUT2D eigenvalue weighted by Gasteiger charge is 2.45. The third kappa shape index (κ3) is 4.55. The number of ether oxygens (including phenoxy) is 2. The minimum Gasteiger partial charge on any atom is -0.492 e. The van der Waals surface area contributed by atoms with Crippen LogP contribution in [0.4, 0.5) is 0 Å². The molecule has 0 radical (unpaired) electrons. The van der Waals surface area contributed by atoms with Gasteiger partial charge in [0.25, 0.3) is 5.91 Å². The first-order valence-corrected chi connectivity index (χ1v) is 11.2. The van der Waals surface area contributed by atoms with Crippen LogP contribution in [0.3, 0.4) is 0 Å². The van der Waals surface area contributed by atoms with Gasteiger partial charge in [0.2, 0.25) is 0 Å². The lowest BCUT2D eigenvalue weighted by Crippen LogP contribution is -2.48. The summed E-state index contributed by atoms with van der Waals surface area (Å²) in [6.07, 6.45) is 1.39. The number of amidine groups is 1. The number of hydrogen-bond acceptors (Lipinski definition) is 5. The van der Waals surface area contributed by atoms with E-state index in [4.69, 9.17) is 26.1 Å². The van der Waals surface area contributed by atoms with Gasteiger partial charge in [0.1, 0.15) is 27.9 Å². The third-order valence-electron chi connectivity index (χ3n) is 5.78. The lowest BCUT2D eigenvalue weighted by Gasteiger charge is -2.35. The zero-order chi connectivity index (χ0) is 21.8. The first-order valence-electron chi connectivity index (χ1n) is 10.8. The van der Waals surface area contributed by atoms with Crippen molar-refractivity contribution >= 4 is 23.3 Å². The molecule has 4 rings (SSSR count). The number of aliphatic imine (C=N–C) groups is 1. The highest BCUT2D eigenvalue weighted by Crippen LogP contribution is 2.37. The monoisotopic (exact) mass is 441 g/mol. The van der Waals surface area contributed by atoms with E-state index in [-0.39, 0.29) is 5.91 Å². The van der Waals surface area contributed by atoms with Crippen LogP contribution < -0.4 is 14.8 Å². The van der Waals surface area contributed by atoms with Crippen molar-refractivity contribution in [2.75, 3.05) is 26.3 Å². The quantitative estimate of drug-likeness (QED) is 0.704. The molecule has 1 spiro atoms. The van der Waals surface area contributed by atoms with Gasteiger partial charge in [-0.3, -0.25) is 14.7 Å². The van der Waals surface area contributed by atoms with Gasteiger partial charge >= 0.3 is 0 Å². The van der Waals surface area contributed by atoms with Gasteiger partial charge in [-0.15, -0.1) is 0 Å². The number of amides is 1. The van der Waals surface area contributed by atoms with E-state index >= 15 is 0 Å². The number of hydrogen-bond donors (Lipinski definition) is 1. The molecule has 2 aromatic rings. The molecule has 1 N–H and O–H groups in total. The number of nitrogens with one attached hydrogen (secondary N) is 1. The summed E-state index contributed by atoms with van der Waals surface area (Å²) in [5.74, 6) is 1.98. The molecule has 1 amide bonds. The maximum absolute atomic E-state index is 12.8. The number of benzene rings is 2. The first-order chi connectivity index (χ1) is 15.0.